The second-order valence-corrected chi connectivity index (χ2v) is 8.12. The number of thioether (sulfide) groups is 1. The van der Waals surface area contributed by atoms with Gasteiger partial charge in [-0.15, -0.1) is 11.8 Å². The maximum Gasteiger partial charge on any atom is 0.409 e. The van der Waals surface area contributed by atoms with Gasteiger partial charge in [-0.25, -0.2) is 4.79 Å². The molecule has 2 aliphatic rings. The average Bonchev–Trinajstić information content (AvgIpc) is 2.79. The predicted octanol–water partition coefficient (Wildman–Crippen LogP) is 3.77. The molecule has 1 saturated heterocycles. The molecule has 5 nitrogen and oxygen atoms in total. The fourth-order valence-electron chi connectivity index (χ4n) is 3.46. The first kappa shape index (κ1) is 18.1. The zero-order chi connectivity index (χ0) is 17.8. The van der Waals surface area contributed by atoms with Gasteiger partial charge in [-0.2, -0.15) is 0 Å². The second-order valence-electron chi connectivity index (χ2n) is 6.63. The van der Waals surface area contributed by atoms with Crippen molar-refractivity contribution in [2.75, 3.05) is 31.1 Å². The van der Waals surface area contributed by atoms with Gasteiger partial charge in [0.15, 0.2) is 0 Å². The van der Waals surface area contributed by atoms with Gasteiger partial charge in [-0.05, 0) is 38.3 Å². The lowest BCUT2D eigenvalue weighted by Gasteiger charge is -2.33. The van der Waals surface area contributed by atoms with Gasteiger partial charge in [-0.1, -0.05) is 19.1 Å². The Hall–Kier alpha value is -1.69. The Morgan fingerprint density at radius 2 is 1.88 bits per heavy atom. The Balaban J connectivity index is 1.68. The van der Waals surface area contributed by atoms with E-state index in [1.807, 2.05) is 41.8 Å². The zero-order valence-electron chi connectivity index (χ0n) is 14.9. The molecule has 2 aliphatic heterocycles. The molecule has 1 unspecified atom stereocenters. The fourth-order valence-corrected chi connectivity index (χ4v) is 4.57. The van der Waals surface area contributed by atoms with Crippen LogP contribution in [0.3, 0.4) is 0 Å². The SMILES string of the molecule is CCOC(=O)N1CCC(C(=O)N2CCC(C)Sc3ccccc32)CC1. The van der Waals surface area contributed by atoms with Crippen LogP contribution in [0.25, 0.3) is 0 Å². The van der Waals surface area contributed by atoms with E-state index in [9.17, 15) is 9.59 Å². The highest BCUT2D eigenvalue weighted by atomic mass is 32.2. The number of carbonyl (C=O) groups is 2. The predicted molar refractivity (Wildman–Crippen MR) is 100 cm³/mol. The van der Waals surface area contributed by atoms with E-state index in [2.05, 4.69) is 13.0 Å². The van der Waals surface area contributed by atoms with Crippen molar-refractivity contribution in [3.8, 4) is 0 Å². The van der Waals surface area contributed by atoms with E-state index in [4.69, 9.17) is 4.74 Å². The molecule has 0 saturated carbocycles. The van der Waals surface area contributed by atoms with Gasteiger partial charge in [0.05, 0.1) is 12.3 Å². The topological polar surface area (TPSA) is 49.9 Å². The Kier molecular flexibility index (Phi) is 5.89. The highest BCUT2D eigenvalue weighted by Gasteiger charge is 2.33. The Morgan fingerprint density at radius 3 is 2.60 bits per heavy atom. The molecule has 1 atom stereocenters. The average molecular weight is 362 g/mol. The molecule has 0 N–H and O–H groups in total. The first-order chi connectivity index (χ1) is 12.1. The number of fused-ring (bicyclic) bond motifs is 1. The third kappa shape index (κ3) is 4.11. The van der Waals surface area contributed by atoms with Crippen LogP contribution < -0.4 is 4.90 Å². The number of anilines is 1. The van der Waals surface area contributed by atoms with Crippen molar-refractivity contribution >= 4 is 29.4 Å². The van der Waals surface area contributed by atoms with Crippen LogP contribution in [-0.4, -0.2) is 48.4 Å². The molecule has 2 heterocycles. The monoisotopic (exact) mass is 362 g/mol. The van der Waals surface area contributed by atoms with Gasteiger partial charge >= 0.3 is 6.09 Å². The minimum absolute atomic E-state index is 0.0165. The molecule has 0 aromatic heterocycles. The van der Waals surface area contributed by atoms with Gasteiger partial charge < -0.3 is 14.5 Å². The fraction of sp³-hybridized carbons (Fsp3) is 0.579. The molecule has 0 spiro atoms. The highest BCUT2D eigenvalue weighted by molar-refractivity contribution is 8.00. The second kappa shape index (κ2) is 8.13. The van der Waals surface area contributed by atoms with Crippen LogP contribution in [0.4, 0.5) is 10.5 Å². The van der Waals surface area contributed by atoms with Gasteiger partial charge in [0.25, 0.3) is 0 Å². The van der Waals surface area contributed by atoms with Crippen LogP contribution in [0, 0.1) is 5.92 Å². The minimum atomic E-state index is -0.265. The summed E-state index contributed by atoms with van der Waals surface area (Å²) in [4.78, 5) is 29.9. The molecule has 1 aromatic rings. The van der Waals surface area contributed by atoms with Crippen molar-refractivity contribution in [2.24, 2.45) is 5.92 Å². The molecule has 3 rings (SSSR count). The van der Waals surface area contributed by atoms with E-state index >= 15 is 0 Å². The van der Waals surface area contributed by atoms with Crippen LogP contribution in [-0.2, 0) is 9.53 Å². The number of amides is 2. The lowest BCUT2D eigenvalue weighted by atomic mass is 9.95. The number of para-hydroxylation sites is 1. The molecule has 136 valence electrons. The summed E-state index contributed by atoms with van der Waals surface area (Å²) >= 11 is 1.85. The molecule has 2 amide bonds. The number of ether oxygens (including phenoxy) is 1. The molecule has 25 heavy (non-hydrogen) atoms. The zero-order valence-corrected chi connectivity index (χ0v) is 15.8. The van der Waals surface area contributed by atoms with Gasteiger partial charge in [0.2, 0.25) is 5.91 Å². The Morgan fingerprint density at radius 1 is 1.16 bits per heavy atom. The van der Waals surface area contributed by atoms with Crippen LogP contribution >= 0.6 is 11.8 Å². The number of benzene rings is 1. The largest absolute Gasteiger partial charge is 0.450 e. The number of hydrogen-bond acceptors (Lipinski definition) is 4. The number of hydrogen-bond donors (Lipinski definition) is 0. The summed E-state index contributed by atoms with van der Waals surface area (Å²) in [7, 11) is 0. The van der Waals surface area contributed by atoms with E-state index in [-0.39, 0.29) is 17.9 Å². The van der Waals surface area contributed by atoms with Crippen LogP contribution in [0.5, 0.6) is 0 Å². The Labute approximate surface area is 153 Å². The molecule has 1 aromatic carbocycles. The van der Waals surface area contributed by atoms with Crippen molar-refractivity contribution in [3.63, 3.8) is 0 Å². The van der Waals surface area contributed by atoms with Crippen molar-refractivity contribution in [2.45, 2.75) is 43.3 Å². The number of likely N-dealkylation sites (tertiary alicyclic amines) is 1. The number of carbonyl (C=O) groups excluding carboxylic acids is 2. The minimum Gasteiger partial charge on any atom is -0.450 e. The summed E-state index contributed by atoms with van der Waals surface area (Å²) in [5.41, 5.74) is 1.04. The first-order valence-corrected chi connectivity index (χ1v) is 9.97. The van der Waals surface area contributed by atoms with E-state index in [1.165, 1.54) is 4.90 Å². The number of piperidine rings is 1. The first-order valence-electron chi connectivity index (χ1n) is 9.09. The molecule has 6 heteroatoms. The smallest absolute Gasteiger partial charge is 0.409 e. The standard InChI is InChI=1S/C19H26N2O3S/c1-3-24-19(23)20-11-9-15(10-12-20)18(22)21-13-8-14(2)25-17-7-5-4-6-16(17)21/h4-7,14-15H,3,8-13H2,1-2H3. The molecular formula is C19H26N2O3S. The molecule has 0 bridgehead atoms. The maximum absolute atomic E-state index is 13.2. The molecule has 1 fully saturated rings. The van der Waals surface area contributed by atoms with E-state index < -0.39 is 0 Å². The summed E-state index contributed by atoms with van der Waals surface area (Å²) in [6.45, 7) is 6.36. The van der Waals surface area contributed by atoms with Crippen LogP contribution in [0.1, 0.15) is 33.1 Å². The van der Waals surface area contributed by atoms with E-state index in [0.717, 1.165) is 18.7 Å². The van der Waals surface area contributed by atoms with E-state index in [1.54, 1.807) is 4.90 Å². The van der Waals surface area contributed by atoms with Crippen LogP contribution in [0.15, 0.2) is 29.2 Å². The number of nitrogens with zero attached hydrogens (tertiary/aromatic N) is 2. The van der Waals surface area contributed by atoms with Gasteiger partial charge in [0, 0.05) is 35.7 Å². The normalized spacial score (nSPS) is 21.4. The van der Waals surface area contributed by atoms with Gasteiger partial charge in [0.1, 0.15) is 0 Å². The lowest BCUT2D eigenvalue weighted by Crippen LogP contribution is -2.45. The summed E-state index contributed by atoms with van der Waals surface area (Å²) in [6.07, 6.45) is 2.14. The lowest BCUT2D eigenvalue weighted by molar-refractivity contribution is -0.123. The summed E-state index contributed by atoms with van der Waals surface area (Å²) in [6, 6.07) is 8.18. The number of rotatable bonds is 2. The quantitative estimate of drug-likeness (QED) is 0.803. The summed E-state index contributed by atoms with van der Waals surface area (Å²) < 4.78 is 5.06. The molecule has 0 radical (unpaired) electrons. The summed E-state index contributed by atoms with van der Waals surface area (Å²) in [5, 5.41) is 0.504. The summed E-state index contributed by atoms with van der Waals surface area (Å²) in [5.74, 6) is 0.183. The molecular weight excluding hydrogens is 336 g/mol. The third-order valence-corrected chi connectivity index (χ3v) is 6.12. The van der Waals surface area contributed by atoms with Gasteiger partial charge in [-0.3, -0.25) is 4.79 Å². The van der Waals surface area contributed by atoms with Crippen molar-refractivity contribution in [1.29, 1.82) is 0 Å². The van der Waals surface area contributed by atoms with Crippen molar-refractivity contribution in [3.05, 3.63) is 24.3 Å². The highest BCUT2D eigenvalue weighted by Crippen LogP contribution is 2.38. The van der Waals surface area contributed by atoms with Crippen molar-refractivity contribution in [1.82, 2.24) is 4.90 Å². The molecule has 0 aliphatic carbocycles. The van der Waals surface area contributed by atoms with Crippen molar-refractivity contribution < 1.29 is 14.3 Å². The van der Waals surface area contributed by atoms with Crippen LogP contribution in [0.2, 0.25) is 0 Å². The third-order valence-electron chi connectivity index (χ3n) is 4.88. The van der Waals surface area contributed by atoms with E-state index in [0.29, 0.717) is 37.8 Å². The Bertz CT molecular complexity index is 629. The maximum atomic E-state index is 13.2.